The zero-order valence-corrected chi connectivity index (χ0v) is 12.2. The summed E-state index contributed by atoms with van der Waals surface area (Å²) in [6.07, 6.45) is 2.14. The van der Waals surface area contributed by atoms with Crippen LogP contribution in [0.3, 0.4) is 0 Å². The Labute approximate surface area is 115 Å². The SMILES string of the molecule is CN(C)S(=O)(=O)c1ccc(N2CCCC(N)C2)cc1. The molecule has 1 aliphatic heterocycles. The first-order valence-corrected chi connectivity index (χ1v) is 7.88. The summed E-state index contributed by atoms with van der Waals surface area (Å²) in [5.74, 6) is 0. The van der Waals surface area contributed by atoms with Crippen LogP contribution in [0.2, 0.25) is 0 Å². The second kappa shape index (κ2) is 5.48. The summed E-state index contributed by atoms with van der Waals surface area (Å²) >= 11 is 0. The van der Waals surface area contributed by atoms with Crippen molar-refractivity contribution in [3.05, 3.63) is 24.3 Å². The van der Waals surface area contributed by atoms with Crippen LogP contribution in [0.25, 0.3) is 0 Å². The van der Waals surface area contributed by atoms with Crippen LogP contribution >= 0.6 is 0 Å². The number of hydrogen-bond acceptors (Lipinski definition) is 4. The normalized spacial score (nSPS) is 20.8. The number of nitrogens with two attached hydrogens (primary N) is 1. The van der Waals surface area contributed by atoms with Gasteiger partial charge in [0, 0.05) is 38.9 Å². The highest BCUT2D eigenvalue weighted by atomic mass is 32.2. The Morgan fingerprint density at radius 1 is 1.26 bits per heavy atom. The lowest BCUT2D eigenvalue weighted by Crippen LogP contribution is -2.42. The lowest BCUT2D eigenvalue weighted by molar-refractivity contribution is 0.506. The summed E-state index contributed by atoms with van der Waals surface area (Å²) in [6, 6.07) is 7.23. The van der Waals surface area contributed by atoms with Crippen LogP contribution in [0.15, 0.2) is 29.2 Å². The third kappa shape index (κ3) is 3.08. The largest absolute Gasteiger partial charge is 0.370 e. The Balaban J connectivity index is 2.19. The van der Waals surface area contributed by atoms with E-state index in [1.807, 2.05) is 12.1 Å². The first kappa shape index (κ1) is 14.3. The molecule has 1 saturated heterocycles. The van der Waals surface area contributed by atoms with Crippen molar-refractivity contribution >= 4 is 15.7 Å². The van der Waals surface area contributed by atoms with Crippen molar-refractivity contribution in [3.8, 4) is 0 Å². The molecule has 6 heteroatoms. The van der Waals surface area contributed by atoms with Gasteiger partial charge in [-0.15, -0.1) is 0 Å². The van der Waals surface area contributed by atoms with E-state index in [1.165, 1.54) is 18.4 Å². The molecule has 2 N–H and O–H groups in total. The molecule has 0 bridgehead atoms. The fraction of sp³-hybridized carbons (Fsp3) is 0.538. The minimum Gasteiger partial charge on any atom is -0.370 e. The van der Waals surface area contributed by atoms with Crippen LogP contribution in [0.4, 0.5) is 5.69 Å². The van der Waals surface area contributed by atoms with Crippen LogP contribution in [0.1, 0.15) is 12.8 Å². The molecule has 1 aliphatic rings. The van der Waals surface area contributed by atoms with Crippen LogP contribution in [-0.2, 0) is 10.0 Å². The molecule has 1 aromatic carbocycles. The smallest absolute Gasteiger partial charge is 0.242 e. The van der Waals surface area contributed by atoms with Gasteiger partial charge in [-0.2, -0.15) is 0 Å². The number of piperidine rings is 1. The highest BCUT2D eigenvalue weighted by Crippen LogP contribution is 2.22. The summed E-state index contributed by atoms with van der Waals surface area (Å²) in [5.41, 5.74) is 6.99. The molecule has 1 fully saturated rings. The lowest BCUT2D eigenvalue weighted by atomic mass is 10.1. The van der Waals surface area contributed by atoms with Gasteiger partial charge in [-0.25, -0.2) is 12.7 Å². The Morgan fingerprint density at radius 2 is 1.89 bits per heavy atom. The van der Waals surface area contributed by atoms with E-state index in [2.05, 4.69) is 4.90 Å². The molecule has 0 aliphatic carbocycles. The quantitative estimate of drug-likeness (QED) is 0.893. The topological polar surface area (TPSA) is 66.6 Å². The summed E-state index contributed by atoms with van der Waals surface area (Å²) < 4.78 is 25.1. The molecule has 1 heterocycles. The molecule has 0 aromatic heterocycles. The minimum absolute atomic E-state index is 0.207. The molecular formula is C13H21N3O2S. The van der Waals surface area contributed by atoms with Gasteiger partial charge in [0.25, 0.3) is 0 Å². The maximum atomic E-state index is 12.0. The number of sulfonamides is 1. The van der Waals surface area contributed by atoms with E-state index in [4.69, 9.17) is 5.73 Å². The summed E-state index contributed by atoms with van der Waals surface area (Å²) in [7, 11) is -0.276. The number of rotatable bonds is 3. The molecule has 2 rings (SSSR count). The van der Waals surface area contributed by atoms with Gasteiger partial charge in [0.15, 0.2) is 0 Å². The van der Waals surface area contributed by atoms with E-state index >= 15 is 0 Å². The van der Waals surface area contributed by atoms with E-state index in [-0.39, 0.29) is 6.04 Å². The van der Waals surface area contributed by atoms with Crippen LogP contribution < -0.4 is 10.6 Å². The molecule has 19 heavy (non-hydrogen) atoms. The molecule has 1 aromatic rings. The van der Waals surface area contributed by atoms with Gasteiger partial charge in [-0.05, 0) is 37.1 Å². The Hall–Kier alpha value is -1.11. The van der Waals surface area contributed by atoms with Crippen molar-refractivity contribution in [3.63, 3.8) is 0 Å². The highest BCUT2D eigenvalue weighted by Gasteiger charge is 2.19. The molecule has 106 valence electrons. The number of benzene rings is 1. The Kier molecular flexibility index (Phi) is 4.13. The Bertz CT molecular complexity index is 525. The minimum atomic E-state index is -3.35. The second-order valence-electron chi connectivity index (χ2n) is 5.13. The predicted octanol–water partition coefficient (Wildman–Crippen LogP) is 0.864. The van der Waals surface area contributed by atoms with Crippen molar-refractivity contribution in [1.29, 1.82) is 0 Å². The maximum absolute atomic E-state index is 12.0. The number of hydrogen-bond donors (Lipinski definition) is 1. The first-order valence-electron chi connectivity index (χ1n) is 6.44. The summed E-state index contributed by atoms with van der Waals surface area (Å²) in [6.45, 7) is 1.81. The summed E-state index contributed by atoms with van der Waals surface area (Å²) in [4.78, 5) is 2.53. The van der Waals surface area contributed by atoms with Crippen molar-refractivity contribution in [2.45, 2.75) is 23.8 Å². The van der Waals surface area contributed by atoms with E-state index in [0.717, 1.165) is 31.6 Å². The standard InChI is InChI=1S/C13H21N3O2S/c1-15(2)19(17,18)13-7-5-12(6-8-13)16-9-3-4-11(14)10-16/h5-8,11H,3-4,9-10,14H2,1-2H3. The average Bonchev–Trinajstić information content (AvgIpc) is 2.38. The molecule has 0 amide bonds. The first-order chi connectivity index (χ1) is 8.91. The van der Waals surface area contributed by atoms with E-state index in [1.54, 1.807) is 12.1 Å². The van der Waals surface area contributed by atoms with Gasteiger partial charge < -0.3 is 10.6 Å². The molecule has 0 saturated carbocycles. The third-order valence-corrected chi connectivity index (χ3v) is 5.27. The van der Waals surface area contributed by atoms with Gasteiger partial charge in [0.2, 0.25) is 10.0 Å². The monoisotopic (exact) mass is 283 g/mol. The molecule has 0 radical (unpaired) electrons. The van der Waals surface area contributed by atoms with Crippen LogP contribution in [0, 0.1) is 0 Å². The maximum Gasteiger partial charge on any atom is 0.242 e. The van der Waals surface area contributed by atoms with Crippen molar-refractivity contribution in [1.82, 2.24) is 4.31 Å². The molecule has 1 unspecified atom stereocenters. The Morgan fingerprint density at radius 3 is 2.42 bits per heavy atom. The fourth-order valence-electron chi connectivity index (χ4n) is 2.28. The van der Waals surface area contributed by atoms with Crippen LogP contribution in [-0.4, -0.2) is 45.9 Å². The second-order valence-corrected chi connectivity index (χ2v) is 7.28. The van der Waals surface area contributed by atoms with Crippen molar-refractivity contribution in [2.24, 2.45) is 5.73 Å². The molecule has 5 nitrogen and oxygen atoms in total. The predicted molar refractivity (Wildman–Crippen MR) is 76.7 cm³/mol. The van der Waals surface area contributed by atoms with Gasteiger partial charge >= 0.3 is 0 Å². The van der Waals surface area contributed by atoms with Gasteiger partial charge in [0.1, 0.15) is 0 Å². The fourth-order valence-corrected chi connectivity index (χ4v) is 3.19. The van der Waals surface area contributed by atoms with E-state index in [9.17, 15) is 8.42 Å². The molecule has 0 spiro atoms. The highest BCUT2D eigenvalue weighted by molar-refractivity contribution is 7.89. The van der Waals surface area contributed by atoms with Gasteiger partial charge in [-0.3, -0.25) is 0 Å². The average molecular weight is 283 g/mol. The van der Waals surface area contributed by atoms with Crippen molar-refractivity contribution < 1.29 is 8.42 Å². The summed E-state index contributed by atoms with van der Waals surface area (Å²) in [5, 5.41) is 0. The van der Waals surface area contributed by atoms with Gasteiger partial charge in [0.05, 0.1) is 4.90 Å². The lowest BCUT2D eigenvalue weighted by Gasteiger charge is -2.32. The number of nitrogens with zero attached hydrogens (tertiary/aromatic N) is 2. The number of anilines is 1. The van der Waals surface area contributed by atoms with E-state index < -0.39 is 10.0 Å². The van der Waals surface area contributed by atoms with Crippen LogP contribution in [0.5, 0.6) is 0 Å². The zero-order chi connectivity index (χ0) is 14.0. The van der Waals surface area contributed by atoms with Crippen molar-refractivity contribution in [2.75, 3.05) is 32.1 Å². The molecule has 1 atom stereocenters. The van der Waals surface area contributed by atoms with Gasteiger partial charge in [-0.1, -0.05) is 0 Å². The molecular weight excluding hydrogens is 262 g/mol. The van der Waals surface area contributed by atoms with E-state index in [0.29, 0.717) is 4.90 Å². The zero-order valence-electron chi connectivity index (χ0n) is 11.4. The third-order valence-electron chi connectivity index (χ3n) is 3.44.